The van der Waals surface area contributed by atoms with Crippen molar-refractivity contribution in [2.24, 2.45) is 0 Å². The number of hydrogen-bond donors (Lipinski definition) is 0. The van der Waals surface area contributed by atoms with Gasteiger partial charge in [-0.05, 0) is 98.8 Å². The Kier molecular flexibility index (Phi) is 7.07. The van der Waals surface area contributed by atoms with Gasteiger partial charge in [-0.25, -0.2) is 0 Å². The van der Waals surface area contributed by atoms with Crippen molar-refractivity contribution in [1.82, 2.24) is 0 Å². The van der Waals surface area contributed by atoms with Crippen molar-refractivity contribution in [2.45, 2.75) is 0 Å². The van der Waals surface area contributed by atoms with Crippen LogP contribution in [0, 0.1) is 0 Å². The van der Waals surface area contributed by atoms with Gasteiger partial charge in [0.05, 0.1) is 0 Å². The Morgan fingerprint density at radius 3 is 1.62 bits per heavy atom. The van der Waals surface area contributed by atoms with Gasteiger partial charge in [0.15, 0.2) is 0 Å². The molecule has 0 atom stereocenters. The van der Waals surface area contributed by atoms with Crippen LogP contribution in [0.4, 0.5) is 17.1 Å². The molecule has 2 heteroatoms. The third-order valence-corrected chi connectivity index (χ3v) is 10.4. The van der Waals surface area contributed by atoms with E-state index in [9.17, 15) is 0 Å². The maximum absolute atomic E-state index is 2.39. The van der Waals surface area contributed by atoms with Gasteiger partial charge in [-0.3, -0.25) is 0 Å². The Morgan fingerprint density at radius 2 is 0.833 bits per heavy atom. The SMILES string of the molecule is c1ccc(-c2ccc(-c3ccc(N(c4cccc(-c5ccc6ccccc6c5)c4)c4ccc5sc6ccccc6c5c4)cc3)cc2)cc1. The van der Waals surface area contributed by atoms with Crippen LogP contribution in [0.1, 0.15) is 0 Å². The normalized spacial score (nSPS) is 11.3. The number of anilines is 3. The zero-order valence-electron chi connectivity index (χ0n) is 26.3. The van der Waals surface area contributed by atoms with Crippen LogP contribution < -0.4 is 4.90 Å². The van der Waals surface area contributed by atoms with Crippen molar-refractivity contribution < 1.29 is 0 Å². The third kappa shape index (κ3) is 5.23. The van der Waals surface area contributed by atoms with Crippen LogP contribution in [0.15, 0.2) is 188 Å². The van der Waals surface area contributed by atoms with Crippen LogP contribution in [-0.2, 0) is 0 Å². The fourth-order valence-electron chi connectivity index (χ4n) is 6.78. The van der Waals surface area contributed by atoms with Crippen molar-refractivity contribution >= 4 is 59.3 Å². The van der Waals surface area contributed by atoms with Gasteiger partial charge >= 0.3 is 0 Å². The topological polar surface area (TPSA) is 3.24 Å². The van der Waals surface area contributed by atoms with Gasteiger partial charge in [0.25, 0.3) is 0 Å². The Morgan fingerprint density at radius 1 is 0.292 bits per heavy atom. The van der Waals surface area contributed by atoms with Crippen molar-refractivity contribution in [3.8, 4) is 33.4 Å². The maximum Gasteiger partial charge on any atom is 0.0468 e. The number of rotatable bonds is 6. The molecule has 9 rings (SSSR count). The highest BCUT2D eigenvalue weighted by molar-refractivity contribution is 7.25. The average Bonchev–Trinajstić information content (AvgIpc) is 3.54. The Labute approximate surface area is 284 Å². The second kappa shape index (κ2) is 12.0. The van der Waals surface area contributed by atoms with Crippen molar-refractivity contribution in [1.29, 1.82) is 0 Å². The monoisotopic (exact) mass is 629 g/mol. The summed E-state index contributed by atoms with van der Waals surface area (Å²) < 4.78 is 2.62. The van der Waals surface area contributed by atoms with E-state index in [4.69, 9.17) is 0 Å². The van der Waals surface area contributed by atoms with E-state index in [1.165, 1.54) is 64.3 Å². The highest BCUT2D eigenvalue weighted by Crippen LogP contribution is 2.42. The average molecular weight is 630 g/mol. The minimum absolute atomic E-state index is 1.12. The van der Waals surface area contributed by atoms with Crippen LogP contribution in [-0.4, -0.2) is 0 Å². The van der Waals surface area contributed by atoms with Gasteiger partial charge in [-0.1, -0.05) is 133 Å². The predicted molar refractivity (Wildman–Crippen MR) is 208 cm³/mol. The molecule has 0 N–H and O–H groups in total. The molecule has 226 valence electrons. The molecule has 0 radical (unpaired) electrons. The molecule has 0 aliphatic heterocycles. The van der Waals surface area contributed by atoms with Crippen LogP contribution in [0.2, 0.25) is 0 Å². The van der Waals surface area contributed by atoms with Gasteiger partial charge in [0, 0.05) is 37.2 Å². The van der Waals surface area contributed by atoms with Crippen molar-refractivity contribution in [3.63, 3.8) is 0 Å². The molecule has 0 fully saturated rings. The standard InChI is InChI=1S/C46H31NS/c1-2-9-32(10-3-1)34-17-19-35(20-18-34)36-23-25-40(26-24-36)47(42-27-28-46-44(31-42)43-15-6-7-16-45(43)48-46)41-14-8-13-38(30-41)39-22-21-33-11-4-5-12-37(33)29-39/h1-31H. The number of thiophene rings is 1. The molecule has 1 aromatic heterocycles. The van der Waals surface area contributed by atoms with Gasteiger partial charge < -0.3 is 4.90 Å². The molecular weight excluding hydrogens is 599 g/mol. The molecule has 0 unspecified atom stereocenters. The summed E-state index contributed by atoms with van der Waals surface area (Å²) in [5.74, 6) is 0. The smallest absolute Gasteiger partial charge is 0.0468 e. The van der Waals surface area contributed by atoms with Gasteiger partial charge in [-0.15, -0.1) is 11.3 Å². The molecular formula is C46H31NS. The van der Waals surface area contributed by atoms with Gasteiger partial charge in [0.2, 0.25) is 0 Å². The van der Waals surface area contributed by atoms with E-state index in [1.54, 1.807) is 0 Å². The van der Waals surface area contributed by atoms with E-state index >= 15 is 0 Å². The first-order valence-electron chi connectivity index (χ1n) is 16.3. The molecule has 9 aromatic rings. The molecule has 0 amide bonds. The quantitative estimate of drug-likeness (QED) is 0.177. The second-order valence-corrected chi connectivity index (χ2v) is 13.3. The molecule has 0 bridgehead atoms. The zero-order valence-corrected chi connectivity index (χ0v) is 27.1. The first-order valence-corrected chi connectivity index (χ1v) is 17.2. The fraction of sp³-hybridized carbons (Fsp3) is 0. The first-order chi connectivity index (χ1) is 23.8. The van der Waals surface area contributed by atoms with Crippen LogP contribution in [0.3, 0.4) is 0 Å². The fourth-order valence-corrected chi connectivity index (χ4v) is 7.87. The Balaban J connectivity index is 1.14. The Bertz CT molecular complexity index is 2540. The highest BCUT2D eigenvalue weighted by atomic mass is 32.1. The summed E-state index contributed by atoms with van der Waals surface area (Å²) >= 11 is 1.85. The van der Waals surface area contributed by atoms with Crippen LogP contribution in [0.5, 0.6) is 0 Å². The molecule has 0 aliphatic carbocycles. The molecule has 0 saturated heterocycles. The summed E-state index contributed by atoms with van der Waals surface area (Å²) in [6.07, 6.45) is 0. The van der Waals surface area contributed by atoms with E-state index in [0.29, 0.717) is 0 Å². The van der Waals surface area contributed by atoms with Gasteiger partial charge in [0.1, 0.15) is 0 Å². The summed E-state index contributed by atoms with van der Waals surface area (Å²) in [5.41, 5.74) is 10.7. The predicted octanol–water partition coefficient (Wildman–Crippen LogP) is 13.7. The lowest BCUT2D eigenvalue weighted by Gasteiger charge is -2.26. The van der Waals surface area contributed by atoms with E-state index in [1.807, 2.05) is 11.3 Å². The van der Waals surface area contributed by atoms with Crippen LogP contribution >= 0.6 is 11.3 Å². The molecule has 0 spiro atoms. The van der Waals surface area contributed by atoms with E-state index < -0.39 is 0 Å². The lowest BCUT2D eigenvalue weighted by Crippen LogP contribution is -2.10. The number of hydrogen-bond acceptors (Lipinski definition) is 2. The van der Waals surface area contributed by atoms with E-state index in [2.05, 4.69) is 193 Å². The summed E-state index contributed by atoms with van der Waals surface area (Å²) in [7, 11) is 0. The second-order valence-electron chi connectivity index (χ2n) is 12.2. The maximum atomic E-state index is 2.39. The number of fused-ring (bicyclic) bond motifs is 4. The molecule has 0 saturated carbocycles. The minimum atomic E-state index is 1.12. The third-order valence-electron chi connectivity index (χ3n) is 9.26. The first kappa shape index (κ1) is 28.3. The summed E-state index contributed by atoms with van der Waals surface area (Å²) in [6.45, 7) is 0. The largest absolute Gasteiger partial charge is 0.310 e. The number of nitrogens with zero attached hydrogens (tertiary/aromatic N) is 1. The molecule has 1 heterocycles. The minimum Gasteiger partial charge on any atom is -0.310 e. The van der Waals surface area contributed by atoms with Crippen LogP contribution in [0.25, 0.3) is 64.3 Å². The number of benzene rings is 8. The molecule has 1 nitrogen and oxygen atoms in total. The molecule has 8 aromatic carbocycles. The lowest BCUT2D eigenvalue weighted by molar-refractivity contribution is 1.29. The van der Waals surface area contributed by atoms with Crippen molar-refractivity contribution in [2.75, 3.05) is 4.90 Å². The summed E-state index contributed by atoms with van der Waals surface area (Å²) in [4.78, 5) is 2.39. The molecule has 0 aliphatic rings. The zero-order chi connectivity index (χ0) is 31.9. The summed E-state index contributed by atoms with van der Waals surface area (Å²) in [5, 5.41) is 5.10. The van der Waals surface area contributed by atoms with Gasteiger partial charge in [-0.2, -0.15) is 0 Å². The Hall–Kier alpha value is -5.96. The summed E-state index contributed by atoms with van der Waals surface area (Å²) in [6, 6.07) is 68.2. The molecule has 48 heavy (non-hydrogen) atoms. The van der Waals surface area contributed by atoms with E-state index in [-0.39, 0.29) is 0 Å². The van der Waals surface area contributed by atoms with Crippen molar-refractivity contribution in [3.05, 3.63) is 188 Å². The lowest BCUT2D eigenvalue weighted by atomic mass is 9.99. The van der Waals surface area contributed by atoms with E-state index in [0.717, 1.165) is 17.1 Å². The highest BCUT2D eigenvalue weighted by Gasteiger charge is 2.16.